The molecule has 8 heteroatoms. The van der Waals surface area contributed by atoms with Crippen molar-refractivity contribution in [3.05, 3.63) is 0 Å². The highest BCUT2D eigenvalue weighted by Gasteiger charge is 2.11. The summed E-state index contributed by atoms with van der Waals surface area (Å²) in [7, 11) is -4.59. The predicted molar refractivity (Wildman–Crippen MR) is 53.0 cm³/mol. The Morgan fingerprint density at radius 2 is 2.07 bits per heavy atom. The quantitative estimate of drug-likeness (QED) is 0.582. The zero-order chi connectivity index (χ0) is 11.2. The van der Waals surface area contributed by atoms with Crippen LogP contribution in [0.4, 0.5) is 0 Å². The first-order chi connectivity index (χ1) is 6.33. The standard InChI is InChI=1S/C6H13NO5S2/c1-13(10)4-3-7-14(11,12)5-2-6(8)9/h7H,2-5H2,1H3,(H,8,9). The minimum atomic E-state index is -3.54. The first kappa shape index (κ1) is 13.5. The third-order valence-corrected chi connectivity index (χ3v) is 3.46. The van der Waals surface area contributed by atoms with Crippen LogP contribution in [0.5, 0.6) is 0 Å². The lowest BCUT2D eigenvalue weighted by Crippen LogP contribution is -2.30. The molecule has 0 amide bonds. The van der Waals surface area contributed by atoms with Gasteiger partial charge < -0.3 is 5.11 Å². The fourth-order valence-corrected chi connectivity index (χ4v) is 2.15. The number of carboxylic acids is 1. The van der Waals surface area contributed by atoms with E-state index in [0.717, 1.165) is 0 Å². The van der Waals surface area contributed by atoms with Gasteiger partial charge in [0.2, 0.25) is 10.0 Å². The van der Waals surface area contributed by atoms with Gasteiger partial charge in [-0.1, -0.05) is 0 Å². The van der Waals surface area contributed by atoms with E-state index in [-0.39, 0.29) is 12.3 Å². The van der Waals surface area contributed by atoms with Gasteiger partial charge in [-0.2, -0.15) is 0 Å². The molecule has 0 radical (unpaired) electrons. The van der Waals surface area contributed by atoms with E-state index in [9.17, 15) is 17.4 Å². The first-order valence-electron chi connectivity index (χ1n) is 3.82. The van der Waals surface area contributed by atoms with E-state index in [1.54, 1.807) is 0 Å². The van der Waals surface area contributed by atoms with Crippen molar-refractivity contribution in [2.45, 2.75) is 6.42 Å². The van der Waals surface area contributed by atoms with Gasteiger partial charge in [0.1, 0.15) is 0 Å². The van der Waals surface area contributed by atoms with E-state index >= 15 is 0 Å². The molecule has 0 rings (SSSR count). The van der Waals surface area contributed by atoms with E-state index in [2.05, 4.69) is 4.72 Å². The number of sulfonamides is 1. The molecule has 6 nitrogen and oxygen atoms in total. The van der Waals surface area contributed by atoms with Crippen molar-refractivity contribution >= 4 is 26.8 Å². The highest BCUT2D eigenvalue weighted by molar-refractivity contribution is 7.89. The Morgan fingerprint density at radius 3 is 2.50 bits per heavy atom. The molecule has 14 heavy (non-hydrogen) atoms. The molecule has 0 fully saturated rings. The molecule has 0 aliphatic carbocycles. The van der Waals surface area contributed by atoms with Crippen molar-refractivity contribution < 1.29 is 22.5 Å². The van der Waals surface area contributed by atoms with Crippen LogP contribution in [-0.2, 0) is 25.6 Å². The molecule has 84 valence electrons. The molecule has 0 heterocycles. The number of rotatable bonds is 7. The maximum Gasteiger partial charge on any atom is 0.304 e. The number of carbonyl (C=O) groups is 1. The van der Waals surface area contributed by atoms with Gasteiger partial charge >= 0.3 is 5.97 Å². The fraction of sp³-hybridized carbons (Fsp3) is 0.833. The zero-order valence-electron chi connectivity index (χ0n) is 7.73. The van der Waals surface area contributed by atoms with Crippen molar-refractivity contribution in [1.29, 1.82) is 0 Å². The number of hydrogen-bond acceptors (Lipinski definition) is 4. The summed E-state index contributed by atoms with van der Waals surface area (Å²) in [6, 6.07) is 0. The molecule has 0 saturated carbocycles. The SMILES string of the molecule is CS(=O)CCNS(=O)(=O)CCC(=O)O. The lowest BCUT2D eigenvalue weighted by Gasteiger charge is -2.03. The van der Waals surface area contributed by atoms with Gasteiger partial charge in [-0.25, -0.2) is 13.1 Å². The highest BCUT2D eigenvalue weighted by Crippen LogP contribution is 1.89. The molecule has 0 aliphatic heterocycles. The van der Waals surface area contributed by atoms with Crippen LogP contribution in [0.3, 0.4) is 0 Å². The second-order valence-corrected chi connectivity index (χ2v) is 6.12. The first-order valence-corrected chi connectivity index (χ1v) is 7.20. The average Bonchev–Trinajstić information content (AvgIpc) is 2.00. The number of nitrogens with one attached hydrogen (secondary N) is 1. The molecule has 0 spiro atoms. The molecule has 2 N–H and O–H groups in total. The third kappa shape index (κ3) is 8.14. The largest absolute Gasteiger partial charge is 0.481 e. The van der Waals surface area contributed by atoms with Crippen LogP contribution in [0, 0.1) is 0 Å². The summed E-state index contributed by atoms with van der Waals surface area (Å²) >= 11 is 0. The molecule has 0 saturated heterocycles. The van der Waals surface area contributed by atoms with Crippen LogP contribution in [0.2, 0.25) is 0 Å². The molecule has 0 bridgehead atoms. The fourth-order valence-electron chi connectivity index (χ4n) is 0.635. The molecule has 1 atom stereocenters. The summed E-state index contributed by atoms with van der Waals surface area (Å²) in [6.07, 6.45) is 1.04. The van der Waals surface area contributed by atoms with Crippen LogP contribution in [0.15, 0.2) is 0 Å². The minimum absolute atomic E-state index is 0.0745. The van der Waals surface area contributed by atoms with Gasteiger partial charge in [0, 0.05) is 29.4 Å². The summed E-state index contributed by atoms with van der Waals surface area (Å²) < 4.78 is 34.8. The molecule has 0 aromatic heterocycles. The Labute approximate surface area is 85.2 Å². The molecular weight excluding hydrogens is 230 g/mol. The summed E-state index contributed by atoms with van der Waals surface area (Å²) in [5, 5.41) is 8.25. The van der Waals surface area contributed by atoms with Gasteiger partial charge in [-0.3, -0.25) is 9.00 Å². The van der Waals surface area contributed by atoms with Crippen molar-refractivity contribution in [2.75, 3.05) is 24.3 Å². The third-order valence-electron chi connectivity index (χ3n) is 1.30. The van der Waals surface area contributed by atoms with E-state index in [0.29, 0.717) is 0 Å². The second kappa shape index (κ2) is 6.10. The second-order valence-electron chi connectivity index (χ2n) is 2.63. The lowest BCUT2D eigenvalue weighted by molar-refractivity contribution is -0.136. The average molecular weight is 243 g/mol. The number of aliphatic carboxylic acids is 1. The molecule has 1 unspecified atom stereocenters. The summed E-state index contributed by atoms with van der Waals surface area (Å²) in [6.45, 7) is 0.0745. The van der Waals surface area contributed by atoms with E-state index in [1.165, 1.54) is 6.26 Å². The van der Waals surface area contributed by atoms with Crippen molar-refractivity contribution in [3.63, 3.8) is 0 Å². The van der Waals surface area contributed by atoms with Gasteiger partial charge in [-0.05, 0) is 0 Å². The predicted octanol–water partition coefficient (Wildman–Crippen LogP) is -1.24. The normalized spacial score (nSPS) is 13.8. The van der Waals surface area contributed by atoms with Crippen molar-refractivity contribution in [3.8, 4) is 0 Å². The molecular formula is C6H13NO5S2. The summed E-state index contributed by atoms with van der Waals surface area (Å²) in [5.41, 5.74) is 0. The van der Waals surface area contributed by atoms with Crippen LogP contribution < -0.4 is 4.72 Å². The van der Waals surface area contributed by atoms with Crippen molar-refractivity contribution in [2.24, 2.45) is 0 Å². The van der Waals surface area contributed by atoms with Gasteiger partial charge in [0.25, 0.3) is 0 Å². The Bertz CT molecular complexity index is 310. The highest BCUT2D eigenvalue weighted by atomic mass is 32.2. The summed E-state index contributed by atoms with van der Waals surface area (Å²) in [4.78, 5) is 10.1. The maximum atomic E-state index is 11.0. The summed E-state index contributed by atoms with van der Waals surface area (Å²) in [5.74, 6) is -1.38. The monoisotopic (exact) mass is 243 g/mol. The van der Waals surface area contributed by atoms with E-state index < -0.39 is 39.0 Å². The number of carboxylic acid groups (broad SMARTS) is 1. The molecule has 0 aliphatic rings. The Kier molecular flexibility index (Phi) is 5.89. The molecule has 0 aromatic carbocycles. The maximum absolute atomic E-state index is 11.0. The van der Waals surface area contributed by atoms with Gasteiger partial charge in [0.05, 0.1) is 12.2 Å². The van der Waals surface area contributed by atoms with Crippen LogP contribution >= 0.6 is 0 Å². The topological polar surface area (TPSA) is 101 Å². The van der Waals surface area contributed by atoms with Gasteiger partial charge in [0.15, 0.2) is 0 Å². The van der Waals surface area contributed by atoms with Gasteiger partial charge in [-0.15, -0.1) is 0 Å². The Hall–Kier alpha value is -0.470. The number of hydrogen-bond donors (Lipinski definition) is 2. The zero-order valence-corrected chi connectivity index (χ0v) is 9.36. The van der Waals surface area contributed by atoms with E-state index in [4.69, 9.17) is 5.11 Å². The molecule has 0 aromatic rings. The Balaban J connectivity index is 3.84. The minimum Gasteiger partial charge on any atom is -0.481 e. The van der Waals surface area contributed by atoms with Crippen LogP contribution in [0.25, 0.3) is 0 Å². The lowest BCUT2D eigenvalue weighted by atomic mass is 10.5. The van der Waals surface area contributed by atoms with Crippen LogP contribution in [0.1, 0.15) is 6.42 Å². The van der Waals surface area contributed by atoms with Crippen molar-refractivity contribution in [1.82, 2.24) is 4.72 Å². The van der Waals surface area contributed by atoms with Crippen LogP contribution in [-0.4, -0.2) is 48.0 Å². The van der Waals surface area contributed by atoms with E-state index in [1.807, 2.05) is 0 Å². The smallest absolute Gasteiger partial charge is 0.304 e. The Morgan fingerprint density at radius 1 is 1.50 bits per heavy atom.